The molecule has 0 heterocycles. The van der Waals surface area contributed by atoms with Crippen LogP contribution in [0.1, 0.15) is 24.9 Å². The second kappa shape index (κ2) is 6.96. The van der Waals surface area contributed by atoms with Gasteiger partial charge in [0.05, 0.1) is 6.42 Å². The lowest BCUT2D eigenvalue weighted by Gasteiger charge is -2.19. The molecule has 0 saturated carbocycles. The van der Waals surface area contributed by atoms with Crippen LogP contribution in [0, 0.1) is 0 Å². The van der Waals surface area contributed by atoms with Gasteiger partial charge in [0, 0.05) is 6.04 Å². The molecule has 5 nitrogen and oxygen atoms in total. The Labute approximate surface area is 119 Å². The number of halogens is 3. The van der Waals surface area contributed by atoms with Crippen molar-refractivity contribution in [2.45, 2.75) is 31.6 Å². The second-order valence-corrected chi connectivity index (χ2v) is 4.52. The highest BCUT2D eigenvalue weighted by atomic mass is 19.4. The maximum absolute atomic E-state index is 12.1. The molecule has 116 valence electrons. The molecule has 1 unspecified atom stereocenters. The predicted molar refractivity (Wildman–Crippen MR) is 68.6 cm³/mol. The molecule has 0 aliphatic carbocycles. The molecule has 0 aromatic heterocycles. The molecule has 8 heteroatoms. The van der Waals surface area contributed by atoms with E-state index in [0.29, 0.717) is 5.56 Å². The summed E-state index contributed by atoms with van der Waals surface area (Å²) in [6.45, 7) is 1.19. The summed E-state index contributed by atoms with van der Waals surface area (Å²) in [5, 5.41) is 13.3. The number of aliphatic carboxylic acids is 1. The molecule has 0 bridgehead atoms. The number of carboxylic acid groups (broad SMARTS) is 1. The first-order valence-corrected chi connectivity index (χ1v) is 6.10. The van der Waals surface area contributed by atoms with Gasteiger partial charge in [0.1, 0.15) is 0 Å². The maximum Gasteiger partial charge on any atom is 0.391 e. The van der Waals surface area contributed by atoms with Crippen LogP contribution in [0.15, 0.2) is 30.3 Å². The molecule has 0 fully saturated rings. The summed E-state index contributed by atoms with van der Waals surface area (Å²) in [4.78, 5) is 22.7. The monoisotopic (exact) mass is 304 g/mol. The van der Waals surface area contributed by atoms with Crippen LogP contribution in [0.2, 0.25) is 0 Å². The number of benzene rings is 1. The van der Waals surface area contributed by atoms with Crippen molar-refractivity contribution < 1.29 is 27.9 Å². The number of amides is 2. The predicted octanol–water partition coefficient (Wildman–Crippen LogP) is 2.45. The Kier molecular flexibility index (Phi) is 5.57. The van der Waals surface area contributed by atoms with E-state index in [1.165, 1.54) is 19.1 Å². The van der Waals surface area contributed by atoms with Crippen LogP contribution in [-0.2, 0) is 4.79 Å². The highest BCUT2D eigenvalue weighted by molar-refractivity contribution is 5.83. The van der Waals surface area contributed by atoms with Crippen molar-refractivity contribution in [3.63, 3.8) is 0 Å². The third-order valence-electron chi connectivity index (χ3n) is 2.57. The van der Waals surface area contributed by atoms with E-state index < -0.39 is 36.7 Å². The zero-order chi connectivity index (χ0) is 16.0. The van der Waals surface area contributed by atoms with Crippen LogP contribution in [0.3, 0.4) is 0 Å². The Balaban J connectivity index is 2.64. The van der Waals surface area contributed by atoms with Gasteiger partial charge in [-0.2, -0.15) is 13.2 Å². The molecule has 3 N–H and O–H groups in total. The van der Waals surface area contributed by atoms with Crippen molar-refractivity contribution in [3.8, 4) is 0 Å². The molecule has 0 saturated heterocycles. The molecular formula is C13H15F3N2O3. The van der Waals surface area contributed by atoms with Gasteiger partial charge in [-0.15, -0.1) is 0 Å². The summed E-state index contributed by atoms with van der Waals surface area (Å²) in [6, 6.07) is 4.40. The highest BCUT2D eigenvalue weighted by Gasteiger charge is 2.31. The van der Waals surface area contributed by atoms with Crippen molar-refractivity contribution in [1.29, 1.82) is 0 Å². The summed E-state index contributed by atoms with van der Waals surface area (Å²) in [7, 11) is 0. The lowest BCUT2D eigenvalue weighted by molar-refractivity contribution is -0.140. The standard InChI is InChI=1S/C13H15F3N2O3/c1-8(7-13(14,15)16)17-12(21)18-10(11(19)20)9-5-3-2-4-6-9/h2-6,8,10H,7H2,1H3,(H,19,20)(H2,17,18,21)/t8?,10-/m1/s1. The van der Waals surface area contributed by atoms with E-state index in [-0.39, 0.29) is 0 Å². The van der Waals surface area contributed by atoms with Crippen molar-refractivity contribution >= 4 is 12.0 Å². The zero-order valence-corrected chi connectivity index (χ0v) is 11.1. The van der Waals surface area contributed by atoms with Crippen molar-refractivity contribution in [1.82, 2.24) is 10.6 Å². The normalized spacial score (nSPS) is 14.1. The van der Waals surface area contributed by atoms with Gasteiger partial charge in [0.2, 0.25) is 0 Å². The van der Waals surface area contributed by atoms with E-state index >= 15 is 0 Å². The number of urea groups is 1. The molecule has 1 rings (SSSR count). The average molecular weight is 304 g/mol. The molecular weight excluding hydrogens is 289 g/mol. The second-order valence-electron chi connectivity index (χ2n) is 4.52. The summed E-state index contributed by atoms with van der Waals surface area (Å²) in [5.74, 6) is -1.31. The van der Waals surface area contributed by atoms with Crippen LogP contribution in [-0.4, -0.2) is 29.3 Å². The third kappa shape index (κ3) is 6.15. The molecule has 2 atom stereocenters. The fourth-order valence-corrected chi connectivity index (χ4v) is 1.73. The van der Waals surface area contributed by atoms with Gasteiger partial charge >= 0.3 is 18.2 Å². The minimum Gasteiger partial charge on any atom is -0.479 e. The smallest absolute Gasteiger partial charge is 0.391 e. The molecule has 0 aliphatic rings. The number of rotatable bonds is 5. The molecule has 1 aromatic carbocycles. The van der Waals surface area contributed by atoms with Gasteiger partial charge in [-0.25, -0.2) is 9.59 Å². The van der Waals surface area contributed by atoms with E-state index in [0.717, 1.165) is 0 Å². The first-order chi connectivity index (χ1) is 9.69. The highest BCUT2D eigenvalue weighted by Crippen LogP contribution is 2.21. The summed E-state index contributed by atoms with van der Waals surface area (Å²) >= 11 is 0. The Morgan fingerprint density at radius 1 is 1.19 bits per heavy atom. The van der Waals surface area contributed by atoms with Crippen LogP contribution in [0.25, 0.3) is 0 Å². The first-order valence-electron chi connectivity index (χ1n) is 6.10. The fraction of sp³-hybridized carbons (Fsp3) is 0.385. The van der Waals surface area contributed by atoms with Crippen LogP contribution in [0.4, 0.5) is 18.0 Å². The van der Waals surface area contributed by atoms with E-state index in [2.05, 4.69) is 10.6 Å². The van der Waals surface area contributed by atoms with E-state index in [1.807, 2.05) is 0 Å². The fourth-order valence-electron chi connectivity index (χ4n) is 1.73. The summed E-state index contributed by atoms with van der Waals surface area (Å²) < 4.78 is 36.4. The SMILES string of the molecule is CC(CC(F)(F)F)NC(=O)N[C@@H](C(=O)O)c1ccccc1. The molecule has 0 radical (unpaired) electrons. The van der Waals surface area contributed by atoms with E-state index in [1.54, 1.807) is 18.2 Å². The van der Waals surface area contributed by atoms with E-state index in [4.69, 9.17) is 5.11 Å². The van der Waals surface area contributed by atoms with Gasteiger partial charge in [-0.05, 0) is 12.5 Å². The molecule has 21 heavy (non-hydrogen) atoms. The van der Waals surface area contributed by atoms with Gasteiger partial charge in [-0.1, -0.05) is 30.3 Å². The lowest BCUT2D eigenvalue weighted by atomic mass is 10.1. The number of hydrogen-bond acceptors (Lipinski definition) is 2. The first kappa shape index (κ1) is 16.8. The number of alkyl halides is 3. The van der Waals surface area contributed by atoms with Crippen LogP contribution in [0.5, 0.6) is 0 Å². The Hall–Kier alpha value is -2.25. The quantitative estimate of drug-likeness (QED) is 0.782. The minimum atomic E-state index is -4.40. The molecule has 0 aliphatic heterocycles. The maximum atomic E-state index is 12.1. The van der Waals surface area contributed by atoms with Gasteiger partial charge < -0.3 is 15.7 Å². The Morgan fingerprint density at radius 2 is 1.76 bits per heavy atom. The summed E-state index contributed by atoms with van der Waals surface area (Å²) in [5.41, 5.74) is 0.323. The number of carboxylic acids is 1. The van der Waals surface area contributed by atoms with Crippen LogP contribution < -0.4 is 10.6 Å². The Bertz CT molecular complexity index is 491. The lowest BCUT2D eigenvalue weighted by Crippen LogP contribution is -2.45. The number of carbonyl (C=O) groups excluding carboxylic acids is 1. The van der Waals surface area contributed by atoms with Crippen molar-refractivity contribution in [3.05, 3.63) is 35.9 Å². The van der Waals surface area contributed by atoms with Crippen molar-refractivity contribution in [2.24, 2.45) is 0 Å². The zero-order valence-electron chi connectivity index (χ0n) is 11.1. The van der Waals surface area contributed by atoms with E-state index in [9.17, 15) is 22.8 Å². The number of hydrogen-bond donors (Lipinski definition) is 3. The Morgan fingerprint density at radius 3 is 2.24 bits per heavy atom. The average Bonchev–Trinajstić information content (AvgIpc) is 2.34. The number of nitrogens with one attached hydrogen (secondary N) is 2. The molecule has 1 aromatic rings. The van der Waals surface area contributed by atoms with Crippen LogP contribution >= 0.6 is 0 Å². The van der Waals surface area contributed by atoms with Gasteiger partial charge in [0.25, 0.3) is 0 Å². The van der Waals surface area contributed by atoms with Crippen molar-refractivity contribution in [2.75, 3.05) is 0 Å². The minimum absolute atomic E-state index is 0.323. The number of carbonyl (C=O) groups is 2. The largest absolute Gasteiger partial charge is 0.479 e. The topological polar surface area (TPSA) is 78.4 Å². The third-order valence-corrected chi connectivity index (χ3v) is 2.57. The van der Waals surface area contributed by atoms with Gasteiger partial charge in [0.15, 0.2) is 6.04 Å². The summed E-state index contributed by atoms with van der Waals surface area (Å²) in [6.07, 6.45) is -5.60. The molecule has 2 amide bonds. The van der Waals surface area contributed by atoms with Gasteiger partial charge in [-0.3, -0.25) is 0 Å². The molecule has 0 spiro atoms.